The molecule has 1 aromatic rings. The van der Waals surface area contributed by atoms with Gasteiger partial charge < -0.3 is 4.90 Å². The average Bonchev–Trinajstić information content (AvgIpc) is 3.19. The van der Waals surface area contributed by atoms with Crippen LogP contribution in [0.2, 0.25) is 0 Å². The topological polar surface area (TPSA) is 46.1 Å². The lowest BCUT2D eigenvalue weighted by molar-refractivity contribution is -0.111. The van der Waals surface area contributed by atoms with Crippen LogP contribution in [0.1, 0.15) is 25.5 Å². The molecule has 0 spiro atoms. The minimum atomic E-state index is 0.0707. The lowest BCUT2D eigenvalue weighted by atomic mass is 10.0. The van der Waals surface area contributed by atoms with Crippen LogP contribution < -0.4 is 0 Å². The van der Waals surface area contributed by atoms with E-state index in [1.54, 1.807) is 13.1 Å². The summed E-state index contributed by atoms with van der Waals surface area (Å²) in [4.78, 5) is 22.8. The third-order valence-electron chi connectivity index (χ3n) is 3.13. The first-order chi connectivity index (χ1) is 9.04. The number of hydrogen-bond donors (Lipinski definition) is 0. The molecule has 1 heterocycles. The molecule has 102 valence electrons. The molecule has 0 aliphatic heterocycles. The van der Waals surface area contributed by atoms with Gasteiger partial charge in [-0.1, -0.05) is 11.8 Å². The van der Waals surface area contributed by atoms with Gasteiger partial charge >= 0.3 is 0 Å². The summed E-state index contributed by atoms with van der Waals surface area (Å²) in [5.74, 6) is 0.572. The molecule has 0 atom stereocenters. The zero-order valence-corrected chi connectivity index (χ0v) is 12.6. The lowest BCUT2D eigenvalue weighted by Gasteiger charge is -2.21. The van der Waals surface area contributed by atoms with Crippen molar-refractivity contribution in [1.29, 1.82) is 0 Å². The number of hydrogen-bond acceptors (Lipinski definition) is 5. The fourth-order valence-corrected chi connectivity index (χ4v) is 2.58. The van der Waals surface area contributed by atoms with Crippen molar-refractivity contribution in [2.75, 3.05) is 20.4 Å². The highest BCUT2D eigenvalue weighted by Gasteiger charge is 2.32. The molecule has 4 nitrogen and oxygen atoms in total. The standard InChI is InChI=1S/C14H19N3OS/c1-9(18)12(13(17(2)3)10-5-6-10)11-7-8-15-14(16-11)19-4/h7-8,10H,5-6H2,1-4H3/b13-12+. The third-order valence-corrected chi connectivity index (χ3v) is 3.69. The number of nitrogens with zero attached hydrogens (tertiary/aromatic N) is 3. The quantitative estimate of drug-likeness (QED) is 0.470. The SMILES string of the molecule is CSc1nccc(/C(C(C)=O)=C(\C2CC2)N(C)C)n1. The van der Waals surface area contributed by atoms with Gasteiger partial charge in [-0.25, -0.2) is 9.97 Å². The van der Waals surface area contributed by atoms with E-state index in [0.29, 0.717) is 11.1 Å². The van der Waals surface area contributed by atoms with E-state index in [9.17, 15) is 4.79 Å². The predicted octanol–water partition coefficient (Wildman–Crippen LogP) is 2.47. The summed E-state index contributed by atoms with van der Waals surface area (Å²) in [7, 11) is 3.99. The molecule has 19 heavy (non-hydrogen) atoms. The van der Waals surface area contributed by atoms with Gasteiger partial charge in [0.1, 0.15) is 0 Å². The largest absolute Gasteiger partial charge is 0.380 e. The van der Waals surface area contributed by atoms with Crippen molar-refractivity contribution in [1.82, 2.24) is 14.9 Å². The molecular weight excluding hydrogens is 258 g/mol. The summed E-state index contributed by atoms with van der Waals surface area (Å²) < 4.78 is 0. The number of aromatic nitrogens is 2. The van der Waals surface area contributed by atoms with E-state index in [0.717, 1.165) is 29.8 Å². The maximum absolute atomic E-state index is 12.1. The van der Waals surface area contributed by atoms with Gasteiger partial charge in [-0.3, -0.25) is 4.79 Å². The molecule has 5 heteroatoms. The molecule has 1 aromatic heterocycles. The molecule has 0 N–H and O–H groups in total. The smallest absolute Gasteiger partial charge is 0.187 e. The van der Waals surface area contributed by atoms with Gasteiger partial charge in [-0.05, 0) is 38.0 Å². The van der Waals surface area contributed by atoms with Gasteiger partial charge in [0.2, 0.25) is 0 Å². The molecule has 1 saturated carbocycles. The highest BCUT2D eigenvalue weighted by molar-refractivity contribution is 7.98. The van der Waals surface area contributed by atoms with Gasteiger partial charge in [0.25, 0.3) is 0 Å². The van der Waals surface area contributed by atoms with E-state index < -0.39 is 0 Å². The van der Waals surface area contributed by atoms with Crippen LogP contribution in [0.25, 0.3) is 5.57 Å². The summed E-state index contributed by atoms with van der Waals surface area (Å²) in [5.41, 5.74) is 2.59. The molecule has 1 fully saturated rings. The molecule has 0 saturated heterocycles. The van der Waals surface area contributed by atoms with E-state index in [4.69, 9.17) is 0 Å². The van der Waals surface area contributed by atoms with Gasteiger partial charge in [0.05, 0.1) is 11.3 Å². The van der Waals surface area contributed by atoms with Crippen molar-refractivity contribution in [3.8, 4) is 0 Å². The Bertz CT molecular complexity index is 517. The van der Waals surface area contributed by atoms with E-state index >= 15 is 0 Å². The van der Waals surface area contributed by atoms with Crippen LogP contribution in [0.15, 0.2) is 23.1 Å². The average molecular weight is 277 g/mol. The molecule has 0 aromatic carbocycles. The first-order valence-corrected chi connectivity index (χ1v) is 7.57. The Morgan fingerprint density at radius 3 is 2.58 bits per heavy atom. The number of carbonyl (C=O) groups is 1. The van der Waals surface area contributed by atoms with Crippen LogP contribution in [0, 0.1) is 5.92 Å². The molecule has 1 aliphatic rings. The Balaban J connectivity index is 2.55. The summed E-state index contributed by atoms with van der Waals surface area (Å²) in [5, 5.41) is 0.699. The number of allylic oxidation sites excluding steroid dienone is 2. The van der Waals surface area contributed by atoms with Crippen molar-refractivity contribution < 1.29 is 4.79 Å². The van der Waals surface area contributed by atoms with Gasteiger partial charge in [-0.2, -0.15) is 0 Å². The first-order valence-electron chi connectivity index (χ1n) is 6.34. The van der Waals surface area contributed by atoms with E-state index in [2.05, 4.69) is 14.9 Å². The fourth-order valence-electron chi connectivity index (χ4n) is 2.22. The number of Topliss-reactive ketones (excluding diaryl/α,β-unsaturated/α-hetero) is 1. The molecule has 0 bridgehead atoms. The van der Waals surface area contributed by atoms with Crippen LogP contribution in [0.3, 0.4) is 0 Å². The van der Waals surface area contributed by atoms with Crippen molar-refractivity contribution in [3.05, 3.63) is 23.7 Å². The Morgan fingerprint density at radius 1 is 1.42 bits per heavy atom. The van der Waals surface area contributed by atoms with Gasteiger partial charge in [0, 0.05) is 26.0 Å². The predicted molar refractivity (Wildman–Crippen MR) is 77.8 cm³/mol. The molecular formula is C14H19N3OS. The van der Waals surface area contributed by atoms with E-state index in [-0.39, 0.29) is 5.78 Å². The number of rotatable bonds is 5. The number of carbonyl (C=O) groups excluding carboxylic acids is 1. The molecule has 1 aliphatic carbocycles. The zero-order chi connectivity index (χ0) is 14.0. The van der Waals surface area contributed by atoms with Crippen molar-refractivity contribution in [3.63, 3.8) is 0 Å². The number of thioether (sulfide) groups is 1. The Hall–Kier alpha value is -1.36. The second-order valence-corrected chi connectivity index (χ2v) is 5.69. The monoisotopic (exact) mass is 277 g/mol. The minimum absolute atomic E-state index is 0.0707. The highest BCUT2D eigenvalue weighted by Crippen LogP contribution is 2.41. The highest BCUT2D eigenvalue weighted by atomic mass is 32.2. The van der Waals surface area contributed by atoms with E-state index in [1.165, 1.54) is 11.8 Å². The van der Waals surface area contributed by atoms with Crippen LogP contribution in [0.4, 0.5) is 0 Å². The Labute approximate surface area is 118 Å². The van der Waals surface area contributed by atoms with Crippen LogP contribution in [0.5, 0.6) is 0 Å². The first kappa shape index (κ1) is 14.1. The Kier molecular flexibility index (Phi) is 4.24. The molecule has 2 rings (SSSR count). The Morgan fingerprint density at radius 2 is 2.11 bits per heavy atom. The summed E-state index contributed by atoms with van der Waals surface area (Å²) in [6, 6.07) is 1.82. The zero-order valence-electron chi connectivity index (χ0n) is 11.8. The second-order valence-electron chi connectivity index (χ2n) is 4.91. The van der Waals surface area contributed by atoms with Crippen LogP contribution in [-0.4, -0.2) is 41.0 Å². The number of ketones is 1. The fraction of sp³-hybridized carbons (Fsp3) is 0.500. The molecule has 0 unspecified atom stereocenters. The van der Waals surface area contributed by atoms with Crippen molar-refractivity contribution in [2.24, 2.45) is 5.92 Å². The van der Waals surface area contributed by atoms with Crippen LogP contribution >= 0.6 is 11.8 Å². The summed E-state index contributed by atoms with van der Waals surface area (Å²) >= 11 is 1.49. The van der Waals surface area contributed by atoms with Gasteiger partial charge in [0.15, 0.2) is 10.9 Å². The summed E-state index contributed by atoms with van der Waals surface area (Å²) in [6.45, 7) is 1.61. The van der Waals surface area contributed by atoms with Crippen molar-refractivity contribution in [2.45, 2.75) is 24.9 Å². The summed E-state index contributed by atoms with van der Waals surface area (Å²) in [6.07, 6.45) is 5.97. The molecule has 0 radical (unpaired) electrons. The van der Waals surface area contributed by atoms with Gasteiger partial charge in [-0.15, -0.1) is 0 Å². The minimum Gasteiger partial charge on any atom is -0.380 e. The molecule has 0 amide bonds. The maximum atomic E-state index is 12.1. The maximum Gasteiger partial charge on any atom is 0.187 e. The second kappa shape index (κ2) is 5.74. The lowest BCUT2D eigenvalue weighted by Crippen LogP contribution is -2.18. The van der Waals surface area contributed by atoms with Crippen molar-refractivity contribution >= 4 is 23.1 Å². The van der Waals surface area contributed by atoms with E-state index in [1.807, 2.05) is 26.4 Å². The normalized spacial score (nSPS) is 16.0. The third kappa shape index (κ3) is 3.15. The van der Waals surface area contributed by atoms with Crippen LogP contribution in [-0.2, 0) is 4.79 Å².